The third-order valence-corrected chi connectivity index (χ3v) is 2.94. The highest BCUT2D eigenvalue weighted by molar-refractivity contribution is 5.86. The highest BCUT2D eigenvalue weighted by Gasteiger charge is 2.13. The van der Waals surface area contributed by atoms with Crippen LogP contribution < -0.4 is 4.74 Å². The number of carbonyl (C=O) groups is 1. The minimum absolute atomic E-state index is 0.485. The molecule has 3 N–H and O–H groups in total. The largest absolute Gasteiger partial charge is 0.497 e. The molecule has 0 aliphatic heterocycles. The summed E-state index contributed by atoms with van der Waals surface area (Å²) in [5.41, 5.74) is 0.815. The van der Waals surface area contributed by atoms with E-state index in [1.165, 1.54) is 0 Å². The zero-order valence-corrected chi connectivity index (χ0v) is 13.2. The van der Waals surface area contributed by atoms with Gasteiger partial charge in [0.25, 0.3) is 10.2 Å². The van der Waals surface area contributed by atoms with Crippen LogP contribution in [0.25, 0.3) is 10.8 Å². The molecule has 0 fully saturated rings. The molecule has 0 saturated heterocycles. The Morgan fingerprint density at radius 3 is 1.92 bits per heavy atom. The van der Waals surface area contributed by atoms with Crippen LogP contribution >= 0.6 is 0 Å². The number of aliphatic carboxylic acids is 1. The molecule has 0 aliphatic rings. The molecule has 0 bridgehead atoms. The van der Waals surface area contributed by atoms with Gasteiger partial charge in [-0.05, 0) is 35.4 Å². The fourth-order valence-corrected chi connectivity index (χ4v) is 1.78. The van der Waals surface area contributed by atoms with Crippen molar-refractivity contribution in [2.75, 3.05) is 7.11 Å². The van der Waals surface area contributed by atoms with Gasteiger partial charge in [-0.15, -0.1) is 20.2 Å². The molecule has 1 atom stereocenters. The van der Waals surface area contributed by atoms with Gasteiger partial charge in [-0.25, -0.2) is 0 Å². The average Bonchev–Trinajstić information content (AvgIpc) is 2.52. The minimum Gasteiger partial charge on any atom is -0.497 e. The van der Waals surface area contributed by atoms with Crippen LogP contribution in [0.4, 0.5) is 0 Å². The predicted molar refractivity (Wildman–Crippen MR) is 84.1 cm³/mol. The molecule has 0 aliphatic carbocycles. The summed E-state index contributed by atoms with van der Waals surface area (Å²) in [4.78, 5) is 27.6. The number of benzene rings is 2. The summed E-state index contributed by atoms with van der Waals surface area (Å²) < 4.78 is 5.14. The van der Waals surface area contributed by atoms with Gasteiger partial charge in [0.1, 0.15) is 5.75 Å². The zero-order valence-electron chi connectivity index (χ0n) is 13.2. The van der Waals surface area contributed by atoms with Crippen molar-refractivity contribution in [3.8, 4) is 5.75 Å². The SMILES string of the molecule is COc1ccc2cc([C@H](C)C(=O)O)ccc2c1.O=[N+]([O-])O.O=[N+]([O-])O. The van der Waals surface area contributed by atoms with E-state index in [4.69, 9.17) is 40.5 Å². The maximum atomic E-state index is 10.9. The van der Waals surface area contributed by atoms with Crippen LogP contribution in [0.1, 0.15) is 18.4 Å². The Morgan fingerprint density at radius 2 is 1.48 bits per heavy atom. The van der Waals surface area contributed by atoms with Gasteiger partial charge in [0.2, 0.25) is 0 Å². The topological polar surface area (TPSA) is 173 Å². The van der Waals surface area contributed by atoms with E-state index in [0.717, 1.165) is 22.1 Å². The lowest BCUT2D eigenvalue weighted by Crippen LogP contribution is -2.06. The molecule has 2 aromatic rings. The first-order chi connectivity index (χ1) is 11.6. The van der Waals surface area contributed by atoms with Crippen molar-refractivity contribution in [2.24, 2.45) is 0 Å². The summed E-state index contributed by atoms with van der Waals surface area (Å²) >= 11 is 0. The Hall–Kier alpha value is -3.63. The standard InChI is InChI=1S/C14H14O3.2HNO3/c1-9(14(15)16)10-3-4-12-8-13(17-2)6-5-11(12)7-10;2*2-1(3)4/h3-9H,1-2H3,(H,15,16);2*(H,2,3,4)/t9-;;/m0../s1. The number of hydrogen-bond donors (Lipinski definition) is 3. The van der Waals surface area contributed by atoms with Crippen molar-refractivity contribution < 1.29 is 35.2 Å². The number of nitrogens with zero attached hydrogens (tertiary/aromatic N) is 2. The predicted octanol–water partition coefficient (Wildman–Crippen LogP) is 2.34. The Labute approximate surface area is 140 Å². The van der Waals surface area contributed by atoms with Gasteiger partial charge in [-0.2, -0.15) is 0 Å². The maximum absolute atomic E-state index is 10.9. The number of methoxy groups -OCH3 is 1. The lowest BCUT2D eigenvalue weighted by molar-refractivity contribution is -0.742. The molecule has 0 spiro atoms. The molecule has 2 rings (SSSR count). The minimum atomic E-state index is -1.50. The summed E-state index contributed by atoms with van der Waals surface area (Å²) in [6, 6.07) is 11.4. The molecule has 0 radical (unpaired) electrons. The number of fused-ring (bicyclic) bond motifs is 1. The van der Waals surface area contributed by atoms with Crippen molar-refractivity contribution >= 4 is 16.7 Å². The van der Waals surface area contributed by atoms with Crippen LogP contribution in [0.5, 0.6) is 5.75 Å². The van der Waals surface area contributed by atoms with E-state index in [2.05, 4.69) is 0 Å². The number of carboxylic acid groups (broad SMARTS) is 1. The Bertz CT molecular complexity index is 728. The van der Waals surface area contributed by atoms with Crippen molar-refractivity contribution in [3.63, 3.8) is 0 Å². The molecule has 25 heavy (non-hydrogen) atoms. The van der Waals surface area contributed by atoms with E-state index in [9.17, 15) is 4.79 Å². The van der Waals surface area contributed by atoms with Crippen molar-refractivity contribution in [2.45, 2.75) is 12.8 Å². The van der Waals surface area contributed by atoms with Crippen molar-refractivity contribution in [1.82, 2.24) is 0 Å². The molecule has 0 heterocycles. The number of rotatable bonds is 3. The van der Waals surface area contributed by atoms with Crippen LogP contribution in [-0.4, -0.2) is 38.8 Å². The van der Waals surface area contributed by atoms with E-state index in [-0.39, 0.29) is 0 Å². The summed E-state index contributed by atoms with van der Waals surface area (Å²) in [6.07, 6.45) is 0. The van der Waals surface area contributed by atoms with Gasteiger partial charge in [-0.3, -0.25) is 4.79 Å². The van der Waals surface area contributed by atoms with E-state index in [0.29, 0.717) is 0 Å². The molecule has 11 nitrogen and oxygen atoms in total. The molecule has 11 heteroatoms. The Balaban J connectivity index is 0.000000609. The monoisotopic (exact) mass is 356 g/mol. The summed E-state index contributed by atoms with van der Waals surface area (Å²) in [6.45, 7) is 1.69. The molecule has 0 saturated carbocycles. The van der Waals surface area contributed by atoms with Crippen LogP contribution in [0.15, 0.2) is 36.4 Å². The Kier molecular flexibility index (Phi) is 8.72. The summed E-state index contributed by atoms with van der Waals surface area (Å²) in [5, 5.41) is 38.3. The van der Waals surface area contributed by atoms with Crippen molar-refractivity contribution in [1.29, 1.82) is 0 Å². The first-order valence-electron chi connectivity index (χ1n) is 6.55. The quantitative estimate of drug-likeness (QED) is 0.550. The summed E-state index contributed by atoms with van der Waals surface area (Å²) in [5.74, 6) is -0.490. The van der Waals surface area contributed by atoms with Crippen LogP contribution in [0, 0.1) is 20.2 Å². The van der Waals surface area contributed by atoms with E-state index >= 15 is 0 Å². The first-order valence-corrected chi connectivity index (χ1v) is 6.55. The number of hydrogen-bond acceptors (Lipinski definition) is 6. The van der Waals surface area contributed by atoms with Crippen molar-refractivity contribution in [3.05, 3.63) is 62.2 Å². The maximum Gasteiger partial charge on any atom is 0.310 e. The second kappa shape index (κ2) is 10.2. The highest BCUT2D eigenvalue weighted by Crippen LogP contribution is 2.25. The first kappa shape index (κ1) is 21.4. The molecule has 2 aromatic carbocycles. The van der Waals surface area contributed by atoms with Gasteiger partial charge >= 0.3 is 5.97 Å². The van der Waals surface area contributed by atoms with E-state index < -0.39 is 22.1 Å². The molecule has 0 unspecified atom stereocenters. The zero-order chi connectivity index (χ0) is 19.6. The second-order valence-corrected chi connectivity index (χ2v) is 4.51. The molecule has 0 amide bonds. The molecular weight excluding hydrogens is 340 g/mol. The number of carboxylic acids is 1. The normalized spacial score (nSPS) is 10.3. The summed E-state index contributed by atoms with van der Waals surface area (Å²) in [7, 11) is 1.63. The smallest absolute Gasteiger partial charge is 0.310 e. The van der Waals surface area contributed by atoms with Crippen LogP contribution in [-0.2, 0) is 4.79 Å². The van der Waals surface area contributed by atoms with E-state index in [1.54, 1.807) is 14.0 Å². The highest BCUT2D eigenvalue weighted by atomic mass is 16.9. The lowest BCUT2D eigenvalue weighted by Gasteiger charge is -2.08. The number of ether oxygens (including phenoxy) is 1. The molecule has 136 valence electrons. The second-order valence-electron chi connectivity index (χ2n) is 4.51. The van der Waals surface area contributed by atoms with Gasteiger partial charge in [0, 0.05) is 0 Å². The van der Waals surface area contributed by atoms with Gasteiger partial charge in [0.05, 0.1) is 13.0 Å². The van der Waals surface area contributed by atoms with E-state index in [1.807, 2.05) is 36.4 Å². The van der Waals surface area contributed by atoms with Gasteiger partial charge in [0.15, 0.2) is 0 Å². The average molecular weight is 356 g/mol. The van der Waals surface area contributed by atoms with Crippen LogP contribution in [0.2, 0.25) is 0 Å². The third-order valence-electron chi connectivity index (χ3n) is 2.94. The fraction of sp³-hybridized carbons (Fsp3) is 0.214. The molecular formula is C14H16N2O9. The third kappa shape index (κ3) is 8.54. The van der Waals surface area contributed by atoms with Gasteiger partial charge in [-0.1, -0.05) is 24.3 Å². The lowest BCUT2D eigenvalue weighted by atomic mass is 9.98. The van der Waals surface area contributed by atoms with Gasteiger partial charge < -0.3 is 20.3 Å². The molecule has 0 aromatic heterocycles. The fourth-order valence-electron chi connectivity index (χ4n) is 1.78. The Morgan fingerprint density at radius 1 is 1.04 bits per heavy atom. The van der Waals surface area contributed by atoms with Crippen LogP contribution in [0.3, 0.4) is 0 Å².